The number of aliphatic carboxylic acids is 1. The molecule has 2 aliphatic rings. The molecule has 2 rings (SSSR count). The van der Waals surface area contributed by atoms with Crippen molar-refractivity contribution in [2.24, 2.45) is 5.41 Å². The Kier molecular flexibility index (Phi) is 2.74. The van der Waals surface area contributed by atoms with Crippen molar-refractivity contribution in [3.05, 3.63) is 0 Å². The molecule has 2 atom stereocenters. The van der Waals surface area contributed by atoms with Crippen LogP contribution in [0.2, 0.25) is 0 Å². The summed E-state index contributed by atoms with van der Waals surface area (Å²) in [5.74, 6) is -0.669. The van der Waals surface area contributed by atoms with Crippen LogP contribution in [-0.2, 0) is 9.53 Å². The van der Waals surface area contributed by atoms with Gasteiger partial charge in [0.25, 0.3) is 0 Å². The van der Waals surface area contributed by atoms with Gasteiger partial charge in [-0.2, -0.15) is 0 Å². The van der Waals surface area contributed by atoms with Crippen molar-refractivity contribution >= 4 is 5.97 Å². The number of ether oxygens (including phenoxy) is 1. The molecular weight excluding hydrogens is 182 g/mol. The maximum atomic E-state index is 11.2. The number of carbonyl (C=O) groups is 1. The molecule has 0 saturated carbocycles. The molecular formula is C10H17NO3. The second kappa shape index (κ2) is 3.87. The van der Waals surface area contributed by atoms with E-state index in [0.717, 1.165) is 32.4 Å². The summed E-state index contributed by atoms with van der Waals surface area (Å²) >= 11 is 0. The molecule has 2 aliphatic heterocycles. The molecule has 0 aromatic rings. The zero-order chi connectivity index (χ0) is 10.0. The maximum Gasteiger partial charge on any atom is 0.311 e. The van der Waals surface area contributed by atoms with Crippen molar-refractivity contribution in [1.82, 2.24) is 5.32 Å². The van der Waals surface area contributed by atoms with Gasteiger partial charge < -0.3 is 15.2 Å². The van der Waals surface area contributed by atoms with Crippen molar-refractivity contribution in [3.8, 4) is 0 Å². The van der Waals surface area contributed by atoms with Crippen molar-refractivity contribution < 1.29 is 14.6 Å². The number of hydrogen-bond donors (Lipinski definition) is 2. The van der Waals surface area contributed by atoms with E-state index in [1.165, 1.54) is 0 Å². The average Bonchev–Trinajstić information content (AvgIpc) is 2.76. The van der Waals surface area contributed by atoms with Crippen molar-refractivity contribution in [3.63, 3.8) is 0 Å². The lowest BCUT2D eigenvalue weighted by Crippen LogP contribution is -2.36. The Hall–Kier alpha value is -0.610. The highest BCUT2D eigenvalue weighted by Crippen LogP contribution is 2.34. The van der Waals surface area contributed by atoms with Crippen molar-refractivity contribution in [1.29, 1.82) is 0 Å². The molecule has 4 heteroatoms. The molecule has 2 saturated heterocycles. The molecule has 4 nitrogen and oxygen atoms in total. The third-order valence-electron chi connectivity index (χ3n) is 3.34. The summed E-state index contributed by atoms with van der Waals surface area (Å²) in [6, 6.07) is 0. The molecule has 2 heterocycles. The van der Waals surface area contributed by atoms with Gasteiger partial charge in [0.15, 0.2) is 0 Å². The topological polar surface area (TPSA) is 58.6 Å². The summed E-state index contributed by atoms with van der Waals surface area (Å²) in [6.07, 6.45) is 3.69. The summed E-state index contributed by atoms with van der Waals surface area (Å²) < 4.78 is 5.50. The van der Waals surface area contributed by atoms with E-state index in [1.54, 1.807) is 0 Å². The van der Waals surface area contributed by atoms with Gasteiger partial charge in [-0.15, -0.1) is 0 Å². The minimum Gasteiger partial charge on any atom is -0.481 e. The number of rotatable bonds is 3. The van der Waals surface area contributed by atoms with Gasteiger partial charge in [-0.3, -0.25) is 4.79 Å². The lowest BCUT2D eigenvalue weighted by atomic mass is 9.81. The standard InChI is InChI=1S/C10H17NO3/c12-9(13)10(3-4-11-7-10)6-8-2-1-5-14-8/h8,11H,1-7H2,(H,12,13). The third-order valence-corrected chi connectivity index (χ3v) is 3.34. The summed E-state index contributed by atoms with van der Waals surface area (Å²) in [5, 5.41) is 12.4. The maximum absolute atomic E-state index is 11.2. The zero-order valence-corrected chi connectivity index (χ0v) is 8.29. The Morgan fingerprint density at radius 1 is 1.64 bits per heavy atom. The molecule has 0 aliphatic carbocycles. The van der Waals surface area contributed by atoms with Crippen molar-refractivity contribution in [2.45, 2.75) is 31.8 Å². The number of carboxylic acid groups (broad SMARTS) is 1. The minimum absolute atomic E-state index is 0.172. The quantitative estimate of drug-likeness (QED) is 0.699. The number of hydrogen-bond acceptors (Lipinski definition) is 3. The Labute approximate surface area is 83.6 Å². The summed E-state index contributed by atoms with van der Waals surface area (Å²) in [7, 11) is 0. The van der Waals surface area contributed by atoms with Gasteiger partial charge in [-0.05, 0) is 32.2 Å². The Morgan fingerprint density at radius 3 is 3.00 bits per heavy atom. The molecule has 0 amide bonds. The van der Waals surface area contributed by atoms with E-state index in [9.17, 15) is 9.90 Å². The van der Waals surface area contributed by atoms with Crippen LogP contribution < -0.4 is 5.32 Å². The minimum atomic E-state index is -0.669. The van der Waals surface area contributed by atoms with Crippen molar-refractivity contribution in [2.75, 3.05) is 19.7 Å². The lowest BCUT2D eigenvalue weighted by molar-refractivity contribution is -0.149. The molecule has 0 radical (unpaired) electrons. The van der Waals surface area contributed by atoms with E-state index in [2.05, 4.69) is 5.32 Å². The van der Waals surface area contributed by atoms with E-state index in [-0.39, 0.29) is 6.10 Å². The van der Waals surface area contributed by atoms with Crippen LogP contribution in [0.4, 0.5) is 0 Å². The predicted molar refractivity (Wildman–Crippen MR) is 51.1 cm³/mol. The first-order valence-electron chi connectivity index (χ1n) is 5.29. The lowest BCUT2D eigenvalue weighted by Gasteiger charge is -2.25. The molecule has 0 spiro atoms. The zero-order valence-electron chi connectivity index (χ0n) is 8.29. The van der Waals surface area contributed by atoms with Gasteiger partial charge in [0, 0.05) is 13.2 Å². The van der Waals surface area contributed by atoms with E-state index >= 15 is 0 Å². The molecule has 0 aromatic carbocycles. The Bertz CT molecular complexity index is 217. The highest BCUT2D eigenvalue weighted by molar-refractivity contribution is 5.75. The molecule has 2 unspecified atom stereocenters. The molecule has 2 fully saturated rings. The number of nitrogens with one attached hydrogen (secondary N) is 1. The van der Waals surface area contributed by atoms with Gasteiger partial charge in [-0.1, -0.05) is 0 Å². The van der Waals surface area contributed by atoms with Gasteiger partial charge in [0.1, 0.15) is 0 Å². The van der Waals surface area contributed by atoms with Gasteiger partial charge in [0.2, 0.25) is 0 Å². The highest BCUT2D eigenvalue weighted by atomic mass is 16.5. The molecule has 80 valence electrons. The van der Waals surface area contributed by atoms with Crippen LogP contribution in [0.3, 0.4) is 0 Å². The SMILES string of the molecule is O=C(O)C1(CC2CCCO2)CCNC1. The van der Waals surface area contributed by atoms with Crippen LogP contribution >= 0.6 is 0 Å². The molecule has 0 aromatic heterocycles. The van der Waals surface area contributed by atoms with Gasteiger partial charge >= 0.3 is 5.97 Å². The van der Waals surface area contributed by atoms with Gasteiger partial charge in [0.05, 0.1) is 11.5 Å². The van der Waals surface area contributed by atoms with Crippen LogP contribution in [0, 0.1) is 5.41 Å². The first-order valence-corrected chi connectivity index (χ1v) is 5.29. The van der Waals surface area contributed by atoms with Crippen LogP contribution in [0.5, 0.6) is 0 Å². The second-order valence-electron chi connectivity index (χ2n) is 4.35. The third kappa shape index (κ3) is 1.77. The molecule has 2 N–H and O–H groups in total. The van der Waals surface area contributed by atoms with E-state index in [4.69, 9.17) is 4.74 Å². The average molecular weight is 199 g/mol. The molecule has 14 heavy (non-hydrogen) atoms. The Morgan fingerprint density at radius 2 is 2.50 bits per heavy atom. The fraction of sp³-hybridized carbons (Fsp3) is 0.900. The van der Waals surface area contributed by atoms with Crippen LogP contribution in [0.15, 0.2) is 0 Å². The van der Waals surface area contributed by atoms with E-state index in [0.29, 0.717) is 13.0 Å². The fourth-order valence-electron chi connectivity index (χ4n) is 2.43. The monoisotopic (exact) mass is 199 g/mol. The number of carboxylic acids is 1. The largest absolute Gasteiger partial charge is 0.481 e. The fourth-order valence-corrected chi connectivity index (χ4v) is 2.43. The first-order chi connectivity index (χ1) is 6.73. The van der Waals surface area contributed by atoms with Crippen LogP contribution in [-0.4, -0.2) is 36.9 Å². The predicted octanol–water partition coefficient (Wildman–Crippen LogP) is 0.620. The first kappa shape index (κ1) is 9.93. The summed E-state index contributed by atoms with van der Waals surface area (Å²) in [5.41, 5.74) is -0.561. The summed E-state index contributed by atoms with van der Waals surface area (Å²) in [6.45, 7) is 2.22. The normalized spacial score (nSPS) is 37.6. The molecule has 0 bridgehead atoms. The second-order valence-corrected chi connectivity index (χ2v) is 4.35. The van der Waals surface area contributed by atoms with Crippen LogP contribution in [0.1, 0.15) is 25.7 Å². The summed E-state index contributed by atoms with van der Waals surface area (Å²) in [4.78, 5) is 11.2. The van der Waals surface area contributed by atoms with E-state index < -0.39 is 11.4 Å². The van der Waals surface area contributed by atoms with E-state index in [1.807, 2.05) is 0 Å². The Balaban J connectivity index is 1.99. The van der Waals surface area contributed by atoms with Gasteiger partial charge in [-0.25, -0.2) is 0 Å². The van der Waals surface area contributed by atoms with Crippen LogP contribution in [0.25, 0.3) is 0 Å². The highest BCUT2D eigenvalue weighted by Gasteiger charge is 2.43. The smallest absolute Gasteiger partial charge is 0.311 e.